The number of nitrogens with zero attached hydrogens (tertiary/aromatic N) is 3. The van der Waals surface area contributed by atoms with Gasteiger partial charge in [0, 0.05) is 57.1 Å². The SMILES string of the molecule is CS1(C)c2ccccc2-c2cccc(-c3ccc(-c4nc(-n5c6ccccc6c6ccc7ccc8c9ccccc9sc8c7c65)nc5ccccc45)cc3)c21. The van der Waals surface area contributed by atoms with E-state index in [2.05, 4.69) is 181 Å². The van der Waals surface area contributed by atoms with E-state index in [9.17, 15) is 0 Å². The van der Waals surface area contributed by atoms with Gasteiger partial charge >= 0.3 is 0 Å². The van der Waals surface area contributed by atoms with Gasteiger partial charge in [0.2, 0.25) is 5.95 Å². The molecule has 5 heteroatoms. The first-order chi connectivity index (χ1) is 27.0. The van der Waals surface area contributed by atoms with Gasteiger partial charge in [0.05, 0.1) is 22.2 Å². The normalized spacial score (nSPS) is 14.0. The van der Waals surface area contributed by atoms with Crippen LogP contribution in [0.1, 0.15) is 0 Å². The van der Waals surface area contributed by atoms with Crippen molar-refractivity contribution in [3.05, 3.63) is 164 Å². The quantitative estimate of drug-likeness (QED) is 0.181. The summed E-state index contributed by atoms with van der Waals surface area (Å²) in [5, 5.41) is 8.49. The van der Waals surface area contributed by atoms with Gasteiger partial charge in [0.25, 0.3) is 0 Å². The summed E-state index contributed by atoms with van der Waals surface area (Å²) in [6.07, 6.45) is 4.88. The van der Waals surface area contributed by atoms with E-state index in [1.807, 2.05) is 11.3 Å². The summed E-state index contributed by atoms with van der Waals surface area (Å²) in [6.45, 7) is 0. The van der Waals surface area contributed by atoms with Crippen molar-refractivity contribution < 1.29 is 0 Å². The van der Waals surface area contributed by atoms with E-state index >= 15 is 0 Å². The number of fused-ring (bicyclic) bond motifs is 13. The Morgan fingerprint density at radius 1 is 0.509 bits per heavy atom. The third-order valence-electron chi connectivity index (χ3n) is 11.7. The van der Waals surface area contributed by atoms with Crippen molar-refractivity contribution in [1.29, 1.82) is 0 Å². The molecule has 0 atom stereocenters. The van der Waals surface area contributed by atoms with Crippen LogP contribution in [0.25, 0.3) is 103 Å². The monoisotopic (exact) mass is 739 g/mol. The molecule has 0 N–H and O–H groups in total. The highest BCUT2D eigenvalue weighted by Crippen LogP contribution is 2.69. The molecule has 1 aliphatic heterocycles. The van der Waals surface area contributed by atoms with Gasteiger partial charge in [-0.05, 0) is 64.4 Å². The van der Waals surface area contributed by atoms with Crippen molar-refractivity contribution in [2.45, 2.75) is 9.79 Å². The lowest BCUT2D eigenvalue weighted by Crippen LogP contribution is -2.03. The van der Waals surface area contributed by atoms with Crippen LogP contribution < -0.4 is 0 Å². The second-order valence-electron chi connectivity index (χ2n) is 14.9. The number of aromatic nitrogens is 3. The number of benzene rings is 8. The molecule has 0 spiro atoms. The lowest BCUT2D eigenvalue weighted by atomic mass is 9.97. The van der Waals surface area contributed by atoms with E-state index in [0.29, 0.717) is 5.95 Å². The topological polar surface area (TPSA) is 30.7 Å². The molecule has 0 aliphatic carbocycles. The highest BCUT2D eigenvalue weighted by atomic mass is 32.3. The van der Waals surface area contributed by atoms with Crippen molar-refractivity contribution in [3.63, 3.8) is 0 Å². The molecule has 1 aliphatic rings. The number of hydrogen-bond donors (Lipinski definition) is 0. The van der Waals surface area contributed by atoms with Crippen LogP contribution >= 0.6 is 21.4 Å². The van der Waals surface area contributed by atoms with Crippen LogP contribution in [0.5, 0.6) is 0 Å². The van der Waals surface area contributed by atoms with Crippen LogP contribution in [0.3, 0.4) is 0 Å². The molecule has 12 rings (SSSR count). The Morgan fingerprint density at radius 2 is 1.18 bits per heavy atom. The van der Waals surface area contributed by atoms with Gasteiger partial charge in [0.15, 0.2) is 0 Å². The van der Waals surface area contributed by atoms with Gasteiger partial charge < -0.3 is 0 Å². The minimum Gasteiger partial charge on any atom is -0.277 e. The first kappa shape index (κ1) is 31.1. The fourth-order valence-electron chi connectivity index (χ4n) is 9.21. The fraction of sp³-hybridized carbons (Fsp3) is 0.0400. The average Bonchev–Trinajstić information content (AvgIpc) is 3.86. The van der Waals surface area contributed by atoms with Crippen molar-refractivity contribution in [2.24, 2.45) is 0 Å². The van der Waals surface area contributed by atoms with Crippen molar-refractivity contribution in [2.75, 3.05) is 12.5 Å². The molecular weight excluding hydrogens is 707 g/mol. The molecular formula is C50H33N3S2. The molecule has 4 heterocycles. The predicted molar refractivity (Wildman–Crippen MR) is 237 cm³/mol. The maximum Gasteiger partial charge on any atom is 0.235 e. The lowest BCUT2D eigenvalue weighted by Gasteiger charge is -2.30. The van der Waals surface area contributed by atoms with E-state index in [0.717, 1.165) is 33.2 Å². The van der Waals surface area contributed by atoms with E-state index in [-0.39, 0.29) is 0 Å². The number of para-hydroxylation sites is 2. The summed E-state index contributed by atoms with van der Waals surface area (Å²) in [4.78, 5) is 13.8. The summed E-state index contributed by atoms with van der Waals surface area (Å²) < 4.78 is 4.91. The average molecular weight is 740 g/mol. The summed E-state index contributed by atoms with van der Waals surface area (Å²) in [7, 11) is -1.16. The van der Waals surface area contributed by atoms with Crippen LogP contribution in [0, 0.1) is 0 Å². The number of thiophene rings is 1. The molecule has 3 nitrogen and oxygen atoms in total. The van der Waals surface area contributed by atoms with E-state index in [1.54, 1.807) is 0 Å². The fourth-order valence-corrected chi connectivity index (χ4v) is 13.3. The second kappa shape index (κ2) is 11.4. The Morgan fingerprint density at radius 3 is 2.05 bits per heavy atom. The van der Waals surface area contributed by atoms with Crippen LogP contribution in [-0.2, 0) is 0 Å². The third-order valence-corrected chi connectivity index (χ3v) is 15.8. The summed E-state index contributed by atoms with van der Waals surface area (Å²) >= 11 is 1.87. The predicted octanol–water partition coefficient (Wildman–Crippen LogP) is 14.0. The largest absolute Gasteiger partial charge is 0.277 e. The van der Waals surface area contributed by atoms with Gasteiger partial charge in [0.1, 0.15) is 0 Å². The van der Waals surface area contributed by atoms with Crippen LogP contribution in [0.15, 0.2) is 174 Å². The minimum absolute atomic E-state index is 0.679. The summed E-state index contributed by atoms with van der Waals surface area (Å²) in [5.41, 5.74) is 10.5. The Kier molecular flexibility index (Phi) is 6.43. The zero-order valence-electron chi connectivity index (χ0n) is 30.2. The van der Waals surface area contributed by atoms with Crippen LogP contribution in [0.2, 0.25) is 0 Å². The lowest BCUT2D eigenvalue weighted by molar-refractivity contribution is 1.02. The van der Waals surface area contributed by atoms with Crippen molar-refractivity contribution in [3.8, 4) is 39.5 Å². The molecule has 0 unspecified atom stereocenters. The van der Waals surface area contributed by atoms with Gasteiger partial charge in [-0.3, -0.25) is 4.57 Å². The van der Waals surface area contributed by atoms with Gasteiger partial charge in [-0.25, -0.2) is 9.97 Å². The highest BCUT2D eigenvalue weighted by Gasteiger charge is 2.33. The van der Waals surface area contributed by atoms with E-state index in [1.165, 1.54) is 73.8 Å². The molecule has 11 aromatic rings. The van der Waals surface area contributed by atoms with Crippen molar-refractivity contribution >= 4 is 85.0 Å². The van der Waals surface area contributed by atoms with Crippen molar-refractivity contribution in [1.82, 2.24) is 14.5 Å². The molecule has 0 saturated carbocycles. The molecule has 0 amide bonds. The maximum absolute atomic E-state index is 5.51. The minimum atomic E-state index is -1.16. The number of rotatable bonds is 3. The smallest absolute Gasteiger partial charge is 0.235 e. The van der Waals surface area contributed by atoms with Crippen LogP contribution in [0.4, 0.5) is 0 Å². The molecule has 0 radical (unpaired) electrons. The zero-order chi connectivity index (χ0) is 36.4. The first-order valence-electron chi connectivity index (χ1n) is 18.6. The Bertz CT molecular complexity index is 3400. The summed E-state index contributed by atoms with van der Waals surface area (Å²) in [6, 6.07) is 59.8. The number of hydrogen-bond acceptors (Lipinski definition) is 3. The second-order valence-corrected chi connectivity index (χ2v) is 19.5. The van der Waals surface area contributed by atoms with Gasteiger partial charge in [-0.15, -0.1) is 11.3 Å². The third kappa shape index (κ3) is 4.34. The molecule has 3 aromatic heterocycles. The Labute approximate surface area is 323 Å². The molecule has 55 heavy (non-hydrogen) atoms. The van der Waals surface area contributed by atoms with Gasteiger partial charge in [-0.2, -0.15) is 10.0 Å². The summed E-state index contributed by atoms with van der Waals surface area (Å²) in [5.74, 6) is 0.679. The molecule has 0 saturated heterocycles. The molecule has 8 aromatic carbocycles. The zero-order valence-corrected chi connectivity index (χ0v) is 31.9. The highest BCUT2D eigenvalue weighted by molar-refractivity contribution is 8.33. The molecule has 0 bridgehead atoms. The van der Waals surface area contributed by atoms with Gasteiger partial charge in [-0.1, -0.05) is 140 Å². The van der Waals surface area contributed by atoms with E-state index < -0.39 is 10.0 Å². The Balaban J connectivity index is 1.09. The Hall–Kier alpha value is -6.27. The molecule has 0 fully saturated rings. The van der Waals surface area contributed by atoms with Crippen LogP contribution in [-0.4, -0.2) is 27.0 Å². The maximum atomic E-state index is 5.51. The van der Waals surface area contributed by atoms with E-state index in [4.69, 9.17) is 9.97 Å². The standard InChI is InChI=1S/C50H33N3S2/c1-55(2)44-21-10-6-14-36(44)39-17-11-16-33(49(39)55)30-22-24-32(25-23-30)46-40-15-3-7-18-41(40)51-50(52-46)53-42-19-8-4-12-34(42)37-28-26-31-27-29-38-35-13-5-9-20-43(35)54-48(38)45(31)47(37)53/h3-29H,1-2H3. The molecule has 260 valence electrons. The first-order valence-corrected chi connectivity index (χ1v) is 21.9.